The molecule has 0 unspecified atom stereocenters. The summed E-state index contributed by atoms with van der Waals surface area (Å²) < 4.78 is 0. The molecule has 0 aliphatic rings. The Balaban J connectivity index is 2.69. The summed E-state index contributed by atoms with van der Waals surface area (Å²) in [5.41, 5.74) is 2.30. The van der Waals surface area contributed by atoms with E-state index in [2.05, 4.69) is 0 Å². The SMILES string of the molecule is CSc1ccc(/C(C(C)=O)=C(/C(C)=O)c2ccc(Cl)cc2)cc1. The average Bonchev–Trinajstić information content (AvgIpc) is 2.53. The van der Waals surface area contributed by atoms with Gasteiger partial charge in [0.15, 0.2) is 11.6 Å². The van der Waals surface area contributed by atoms with Gasteiger partial charge in [0.25, 0.3) is 0 Å². The maximum absolute atomic E-state index is 12.2. The molecular formula is C19H17ClO2S. The Bertz CT molecular complexity index is 759. The molecule has 0 aliphatic heterocycles. The molecule has 0 spiro atoms. The standard InChI is InChI=1S/C19H17ClO2S/c1-12(21)18(14-4-8-16(20)9-5-14)19(13(2)22)15-6-10-17(23-3)11-7-15/h4-11H,1-3H3/b19-18-. The third kappa shape index (κ3) is 4.12. The molecule has 0 fully saturated rings. The number of allylic oxidation sites excluding steroid dienone is 2. The zero-order valence-corrected chi connectivity index (χ0v) is 14.8. The van der Waals surface area contributed by atoms with Crippen LogP contribution in [-0.2, 0) is 9.59 Å². The molecule has 2 nitrogen and oxygen atoms in total. The minimum atomic E-state index is -0.147. The van der Waals surface area contributed by atoms with Crippen molar-refractivity contribution in [3.05, 3.63) is 64.7 Å². The lowest BCUT2D eigenvalue weighted by atomic mass is 9.90. The highest BCUT2D eigenvalue weighted by Crippen LogP contribution is 2.30. The fourth-order valence-electron chi connectivity index (χ4n) is 2.42. The lowest BCUT2D eigenvalue weighted by molar-refractivity contribution is -0.113. The zero-order chi connectivity index (χ0) is 17.0. The molecule has 4 heteroatoms. The van der Waals surface area contributed by atoms with E-state index in [1.54, 1.807) is 36.0 Å². The maximum Gasteiger partial charge on any atom is 0.161 e. The predicted octanol–water partition coefficient (Wildman–Crippen LogP) is 5.15. The van der Waals surface area contributed by atoms with Gasteiger partial charge in [-0.2, -0.15) is 0 Å². The minimum absolute atomic E-state index is 0.137. The number of ketones is 2. The van der Waals surface area contributed by atoms with E-state index in [-0.39, 0.29) is 11.6 Å². The van der Waals surface area contributed by atoms with Crippen LogP contribution >= 0.6 is 23.4 Å². The van der Waals surface area contributed by atoms with Crippen molar-refractivity contribution in [2.45, 2.75) is 18.7 Å². The first-order valence-electron chi connectivity index (χ1n) is 7.10. The molecule has 0 radical (unpaired) electrons. The van der Waals surface area contributed by atoms with E-state index in [9.17, 15) is 9.59 Å². The Morgan fingerprint density at radius 3 is 1.52 bits per heavy atom. The Morgan fingerprint density at radius 1 is 0.783 bits per heavy atom. The Hall–Kier alpha value is -1.84. The molecule has 0 aromatic heterocycles. The molecule has 2 aromatic rings. The molecule has 2 aromatic carbocycles. The maximum atomic E-state index is 12.2. The van der Waals surface area contributed by atoms with Gasteiger partial charge in [0.2, 0.25) is 0 Å². The second kappa shape index (κ2) is 7.62. The summed E-state index contributed by atoms with van der Waals surface area (Å²) in [7, 11) is 0. The lowest BCUT2D eigenvalue weighted by Crippen LogP contribution is -2.06. The van der Waals surface area contributed by atoms with E-state index >= 15 is 0 Å². The molecule has 118 valence electrons. The second-order valence-corrected chi connectivity index (χ2v) is 6.41. The summed E-state index contributed by atoms with van der Waals surface area (Å²) in [6.45, 7) is 2.96. The van der Waals surface area contributed by atoms with E-state index in [1.807, 2.05) is 30.5 Å². The van der Waals surface area contributed by atoms with E-state index < -0.39 is 0 Å². The smallest absolute Gasteiger partial charge is 0.161 e. The highest BCUT2D eigenvalue weighted by molar-refractivity contribution is 7.98. The van der Waals surface area contributed by atoms with Crippen LogP contribution in [0.5, 0.6) is 0 Å². The van der Waals surface area contributed by atoms with Gasteiger partial charge in [-0.25, -0.2) is 0 Å². The Morgan fingerprint density at radius 2 is 1.17 bits per heavy atom. The number of halogens is 1. The van der Waals surface area contributed by atoms with Crippen LogP contribution in [0.2, 0.25) is 5.02 Å². The van der Waals surface area contributed by atoms with E-state index in [0.717, 1.165) is 10.5 Å². The fraction of sp³-hybridized carbons (Fsp3) is 0.158. The van der Waals surface area contributed by atoms with Gasteiger partial charge in [-0.3, -0.25) is 9.59 Å². The molecule has 0 heterocycles. The van der Waals surface area contributed by atoms with Crippen molar-refractivity contribution in [1.29, 1.82) is 0 Å². The molecule has 23 heavy (non-hydrogen) atoms. The van der Waals surface area contributed by atoms with E-state index in [1.165, 1.54) is 13.8 Å². The predicted molar refractivity (Wildman–Crippen MR) is 97.9 cm³/mol. The summed E-state index contributed by atoms with van der Waals surface area (Å²) >= 11 is 7.55. The first kappa shape index (κ1) is 17.5. The second-order valence-electron chi connectivity index (χ2n) is 5.10. The van der Waals surface area contributed by atoms with Gasteiger partial charge in [0.1, 0.15) is 0 Å². The Labute approximate surface area is 145 Å². The quantitative estimate of drug-likeness (QED) is 0.427. The van der Waals surface area contributed by atoms with Crippen molar-refractivity contribution in [2.75, 3.05) is 6.26 Å². The molecule has 2 rings (SSSR count). The van der Waals surface area contributed by atoms with Crippen LogP contribution in [0.3, 0.4) is 0 Å². The summed E-state index contributed by atoms with van der Waals surface area (Å²) in [6, 6.07) is 14.6. The van der Waals surface area contributed by atoms with Gasteiger partial charge in [0, 0.05) is 21.1 Å². The largest absolute Gasteiger partial charge is 0.294 e. The Kier molecular flexibility index (Phi) is 5.80. The molecule has 0 atom stereocenters. The highest BCUT2D eigenvalue weighted by atomic mass is 35.5. The van der Waals surface area contributed by atoms with Crippen LogP contribution in [0.15, 0.2) is 53.4 Å². The van der Waals surface area contributed by atoms with Gasteiger partial charge < -0.3 is 0 Å². The van der Waals surface area contributed by atoms with Gasteiger partial charge >= 0.3 is 0 Å². The van der Waals surface area contributed by atoms with E-state index in [4.69, 9.17) is 11.6 Å². The number of hydrogen-bond donors (Lipinski definition) is 0. The molecular weight excluding hydrogens is 328 g/mol. The van der Waals surface area contributed by atoms with Crippen LogP contribution in [0.1, 0.15) is 25.0 Å². The van der Waals surface area contributed by atoms with Crippen LogP contribution in [0.4, 0.5) is 0 Å². The summed E-state index contributed by atoms with van der Waals surface area (Å²) in [4.78, 5) is 25.6. The molecule has 0 amide bonds. The minimum Gasteiger partial charge on any atom is -0.294 e. The van der Waals surface area contributed by atoms with Gasteiger partial charge in [0.05, 0.1) is 0 Å². The zero-order valence-electron chi connectivity index (χ0n) is 13.2. The molecule has 0 saturated carbocycles. The van der Waals surface area contributed by atoms with Crippen LogP contribution in [0, 0.1) is 0 Å². The third-order valence-corrected chi connectivity index (χ3v) is 4.46. The highest BCUT2D eigenvalue weighted by Gasteiger charge is 2.19. The number of Topliss-reactive ketones (excluding diaryl/α,β-unsaturated/α-hetero) is 2. The number of benzene rings is 2. The van der Waals surface area contributed by atoms with Crippen molar-refractivity contribution in [3.8, 4) is 0 Å². The third-order valence-electron chi connectivity index (χ3n) is 3.47. The number of hydrogen-bond acceptors (Lipinski definition) is 3. The number of carbonyl (C=O) groups is 2. The average molecular weight is 345 g/mol. The number of carbonyl (C=O) groups excluding carboxylic acids is 2. The van der Waals surface area contributed by atoms with Crippen molar-refractivity contribution in [3.63, 3.8) is 0 Å². The van der Waals surface area contributed by atoms with Crippen molar-refractivity contribution < 1.29 is 9.59 Å². The molecule has 0 bridgehead atoms. The number of rotatable bonds is 5. The van der Waals surface area contributed by atoms with Crippen molar-refractivity contribution >= 4 is 46.1 Å². The van der Waals surface area contributed by atoms with Crippen molar-refractivity contribution in [1.82, 2.24) is 0 Å². The topological polar surface area (TPSA) is 34.1 Å². The van der Waals surface area contributed by atoms with Gasteiger partial charge in [-0.05, 0) is 55.5 Å². The first-order chi connectivity index (χ1) is 10.9. The first-order valence-corrected chi connectivity index (χ1v) is 8.71. The van der Waals surface area contributed by atoms with E-state index in [0.29, 0.717) is 21.7 Å². The number of thioether (sulfide) groups is 1. The fourth-order valence-corrected chi connectivity index (χ4v) is 2.96. The van der Waals surface area contributed by atoms with Gasteiger partial charge in [-0.1, -0.05) is 35.9 Å². The molecule has 0 saturated heterocycles. The normalized spacial score (nSPS) is 11.8. The van der Waals surface area contributed by atoms with Crippen LogP contribution in [-0.4, -0.2) is 17.8 Å². The summed E-state index contributed by atoms with van der Waals surface area (Å²) in [5.74, 6) is -0.284. The van der Waals surface area contributed by atoms with Crippen LogP contribution in [0.25, 0.3) is 11.1 Å². The molecule has 0 aliphatic carbocycles. The monoisotopic (exact) mass is 344 g/mol. The van der Waals surface area contributed by atoms with Crippen molar-refractivity contribution in [2.24, 2.45) is 0 Å². The molecule has 0 N–H and O–H groups in total. The van der Waals surface area contributed by atoms with Crippen LogP contribution < -0.4 is 0 Å². The summed E-state index contributed by atoms with van der Waals surface area (Å²) in [6.07, 6.45) is 1.99. The lowest BCUT2D eigenvalue weighted by Gasteiger charge is -2.12. The van der Waals surface area contributed by atoms with Gasteiger partial charge in [-0.15, -0.1) is 11.8 Å². The summed E-state index contributed by atoms with van der Waals surface area (Å²) in [5, 5.41) is 0.588.